The van der Waals surface area contributed by atoms with Crippen molar-refractivity contribution in [1.82, 2.24) is 19.5 Å². The lowest BCUT2D eigenvalue weighted by molar-refractivity contribution is 0.0996. The van der Waals surface area contributed by atoms with E-state index in [1.165, 1.54) is 0 Å². The number of pyridine rings is 1. The second-order valence-corrected chi connectivity index (χ2v) is 4.44. The van der Waals surface area contributed by atoms with Crippen LogP contribution < -0.4 is 5.73 Å². The van der Waals surface area contributed by atoms with Gasteiger partial charge in [-0.3, -0.25) is 4.79 Å². The molecule has 3 aromatic heterocycles. The standard InChI is InChI=1S/C13H13N5O2/c1-2-3-11-16-13(17-20-11)8-4-5-10-15-9(12(14)19)7-18(10)6-8/h4-7H,2-3H2,1H3,(H2,14,19). The fourth-order valence-corrected chi connectivity index (χ4v) is 1.93. The minimum Gasteiger partial charge on any atom is -0.364 e. The van der Waals surface area contributed by atoms with Crippen molar-refractivity contribution in [3.05, 3.63) is 36.1 Å². The molecule has 1 amide bonds. The van der Waals surface area contributed by atoms with E-state index in [0.717, 1.165) is 18.4 Å². The number of nitrogens with two attached hydrogens (primary N) is 1. The van der Waals surface area contributed by atoms with Gasteiger partial charge in [-0.25, -0.2) is 4.98 Å². The monoisotopic (exact) mass is 271 g/mol. The Hall–Kier alpha value is -2.70. The number of fused-ring (bicyclic) bond motifs is 1. The number of carbonyl (C=O) groups excluding carboxylic acids is 1. The third kappa shape index (κ3) is 2.13. The summed E-state index contributed by atoms with van der Waals surface area (Å²) in [5, 5.41) is 3.94. The number of rotatable bonds is 4. The molecule has 7 nitrogen and oxygen atoms in total. The Morgan fingerprint density at radius 3 is 2.95 bits per heavy atom. The number of hydrogen-bond acceptors (Lipinski definition) is 5. The highest BCUT2D eigenvalue weighted by Gasteiger charge is 2.11. The Morgan fingerprint density at radius 2 is 2.20 bits per heavy atom. The highest BCUT2D eigenvalue weighted by atomic mass is 16.5. The normalized spacial score (nSPS) is 11.1. The molecule has 0 spiro atoms. The Kier molecular flexibility index (Phi) is 2.94. The predicted octanol–water partition coefficient (Wildman–Crippen LogP) is 1.44. The number of primary amides is 1. The first-order chi connectivity index (χ1) is 9.67. The average Bonchev–Trinajstić information content (AvgIpc) is 3.04. The lowest BCUT2D eigenvalue weighted by atomic mass is 10.2. The molecule has 0 radical (unpaired) electrons. The van der Waals surface area contributed by atoms with Crippen LogP contribution in [0.3, 0.4) is 0 Å². The molecular formula is C13H13N5O2. The van der Waals surface area contributed by atoms with Gasteiger partial charge in [0, 0.05) is 24.4 Å². The lowest BCUT2D eigenvalue weighted by Crippen LogP contribution is -2.10. The predicted molar refractivity (Wildman–Crippen MR) is 71.0 cm³/mol. The van der Waals surface area contributed by atoms with Gasteiger partial charge in [-0.15, -0.1) is 0 Å². The maximum absolute atomic E-state index is 11.1. The van der Waals surface area contributed by atoms with E-state index >= 15 is 0 Å². The van der Waals surface area contributed by atoms with Gasteiger partial charge in [0.05, 0.1) is 0 Å². The summed E-state index contributed by atoms with van der Waals surface area (Å²) < 4.78 is 6.87. The minimum absolute atomic E-state index is 0.224. The first kappa shape index (κ1) is 12.3. The zero-order valence-electron chi connectivity index (χ0n) is 10.9. The summed E-state index contributed by atoms with van der Waals surface area (Å²) in [6.07, 6.45) is 5.07. The van der Waals surface area contributed by atoms with E-state index in [9.17, 15) is 4.79 Å². The van der Waals surface area contributed by atoms with Crippen LogP contribution >= 0.6 is 0 Å². The Balaban J connectivity index is 2.00. The molecule has 2 N–H and O–H groups in total. The summed E-state index contributed by atoms with van der Waals surface area (Å²) in [7, 11) is 0. The zero-order valence-corrected chi connectivity index (χ0v) is 10.9. The Labute approximate surface area is 114 Å². The average molecular weight is 271 g/mol. The Morgan fingerprint density at radius 1 is 1.35 bits per heavy atom. The van der Waals surface area contributed by atoms with Crippen LogP contribution in [0.25, 0.3) is 17.0 Å². The smallest absolute Gasteiger partial charge is 0.268 e. The molecule has 0 saturated heterocycles. The number of imidazole rings is 1. The number of aromatic nitrogens is 4. The van der Waals surface area contributed by atoms with Crippen molar-refractivity contribution in [2.24, 2.45) is 5.73 Å². The first-order valence-electron chi connectivity index (χ1n) is 6.29. The van der Waals surface area contributed by atoms with Gasteiger partial charge in [-0.1, -0.05) is 12.1 Å². The van der Waals surface area contributed by atoms with Crippen molar-refractivity contribution in [1.29, 1.82) is 0 Å². The molecule has 20 heavy (non-hydrogen) atoms. The molecule has 7 heteroatoms. The largest absolute Gasteiger partial charge is 0.364 e. The molecular weight excluding hydrogens is 258 g/mol. The molecule has 0 unspecified atom stereocenters. The van der Waals surface area contributed by atoms with Crippen molar-refractivity contribution >= 4 is 11.6 Å². The summed E-state index contributed by atoms with van der Waals surface area (Å²) in [6.45, 7) is 2.05. The van der Waals surface area contributed by atoms with Gasteiger partial charge < -0.3 is 14.7 Å². The molecule has 0 aromatic carbocycles. The molecule has 0 bridgehead atoms. The van der Waals surface area contributed by atoms with E-state index < -0.39 is 5.91 Å². The van der Waals surface area contributed by atoms with Crippen LogP contribution in [0.5, 0.6) is 0 Å². The van der Waals surface area contributed by atoms with E-state index in [4.69, 9.17) is 10.3 Å². The fourth-order valence-electron chi connectivity index (χ4n) is 1.93. The summed E-state index contributed by atoms with van der Waals surface area (Å²) >= 11 is 0. The maximum atomic E-state index is 11.1. The van der Waals surface area contributed by atoms with Gasteiger partial charge in [0.1, 0.15) is 11.3 Å². The number of amides is 1. The van der Waals surface area contributed by atoms with E-state index in [1.807, 2.05) is 13.0 Å². The Bertz CT molecular complexity index is 774. The minimum atomic E-state index is -0.556. The summed E-state index contributed by atoms with van der Waals surface area (Å²) in [4.78, 5) is 19.5. The summed E-state index contributed by atoms with van der Waals surface area (Å²) in [6, 6.07) is 3.60. The molecule has 0 atom stereocenters. The molecule has 0 aliphatic heterocycles. The van der Waals surface area contributed by atoms with Crippen molar-refractivity contribution < 1.29 is 9.32 Å². The first-order valence-corrected chi connectivity index (χ1v) is 6.29. The van der Waals surface area contributed by atoms with Gasteiger partial charge >= 0.3 is 0 Å². The van der Waals surface area contributed by atoms with Crippen LogP contribution in [0.15, 0.2) is 29.0 Å². The molecule has 3 rings (SSSR count). The number of nitrogens with zero attached hydrogens (tertiary/aromatic N) is 4. The van der Waals surface area contributed by atoms with Gasteiger partial charge in [0.15, 0.2) is 0 Å². The van der Waals surface area contributed by atoms with Crippen LogP contribution in [-0.4, -0.2) is 25.4 Å². The topological polar surface area (TPSA) is 99.3 Å². The maximum Gasteiger partial charge on any atom is 0.268 e. The molecule has 3 heterocycles. The van der Waals surface area contributed by atoms with Crippen molar-refractivity contribution in [2.75, 3.05) is 0 Å². The van der Waals surface area contributed by atoms with E-state index in [-0.39, 0.29) is 5.69 Å². The lowest BCUT2D eigenvalue weighted by Gasteiger charge is -1.96. The van der Waals surface area contributed by atoms with Crippen LogP contribution in [0, 0.1) is 0 Å². The van der Waals surface area contributed by atoms with Crippen molar-refractivity contribution in [3.63, 3.8) is 0 Å². The van der Waals surface area contributed by atoms with Crippen LogP contribution in [0.4, 0.5) is 0 Å². The molecule has 0 saturated carbocycles. The van der Waals surface area contributed by atoms with E-state index in [2.05, 4.69) is 15.1 Å². The molecule has 0 aliphatic carbocycles. The van der Waals surface area contributed by atoms with Gasteiger partial charge in [-0.2, -0.15) is 4.98 Å². The number of carbonyl (C=O) groups is 1. The van der Waals surface area contributed by atoms with Gasteiger partial charge in [-0.05, 0) is 18.6 Å². The second kappa shape index (κ2) is 4.76. The van der Waals surface area contributed by atoms with Gasteiger partial charge in [0.2, 0.25) is 11.7 Å². The van der Waals surface area contributed by atoms with Crippen LogP contribution in [-0.2, 0) is 6.42 Å². The third-order valence-electron chi connectivity index (χ3n) is 2.89. The SMILES string of the molecule is CCCc1nc(-c2ccc3nc(C(N)=O)cn3c2)no1. The zero-order chi connectivity index (χ0) is 14.1. The number of aryl methyl sites for hydroxylation is 1. The molecule has 102 valence electrons. The van der Waals surface area contributed by atoms with Crippen LogP contribution in [0.2, 0.25) is 0 Å². The van der Waals surface area contributed by atoms with Crippen molar-refractivity contribution in [3.8, 4) is 11.4 Å². The molecule has 3 aromatic rings. The summed E-state index contributed by atoms with van der Waals surface area (Å²) in [5.41, 5.74) is 6.86. The van der Waals surface area contributed by atoms with E-state index in [1.54, 1.807) is 22.9 Å². The molecule has 0 aliphatic rings. The summed E-state index contributed by atoms with van der Waals surface area (Å²) in [5.74, 6) is 0.579. The van der Waals surface area contributed by atoms with Crippen molar-refractivity contribution in [2.45, 2.75) is 19.8 Å². The number of hydrogen-bond donors (Lipinski definition) is 1. The van der Waals surface area contributed by atoms with E-state index in [0.29, 0.717) is 17.4 Å². The highest BCUT2D eigenvalue weighted by Crippen LogP contribution is 2.17. The fraction of sp³-hybridized carbons (Fsp3) is 0.231. The highest BCUT2D eigenvalue weighted by molar-refractivity contribution is 5.91. The molecule has 0 fully saturated rings. The van der Waals surface area contributed by atoms with Gasteiger partial charge in [0.25, 0.3) is 5.91 Å². The third-order valence-corrected chi connectivity index (χ3v) is 2.89. The second-order valence-electron chi connectivity index (χ2n) is 4.44. The van der Waals surface area contributed by atoms with Crippen LogP contribution in [0.1, 0.15) is 29.7 Å². The quantitative estimate of drug-likeness (QED) is 0.773.